The smallest absolute Gasteiger partial charge is 0.310 e. The Bertz CT molecular complexity index is 898. The Morgan fingerprint density at radius 3 is 2.61 bits per heavy atom. The maximum Gasteiger partial charge on any atom is 0.310 e. The van der Waals surface area contributed by atoms with E-state index < -0.39 is 0 Å². The number of rotatable bonds is 4. The maximum atomic E-state index is 12.1. The van der Waals surface area contributed by atoms with Crippen molar-refractivity contribution in [3.8, 4) is 11.6 Å². The molecule has 2 N–H and O–H groups in total. The molecule has 0 unspecified atom stereocenters. The summed E-state index contributed by atoms with van der Waals surface area (Å²) in [5, 5.41) is 19.6. The fraction of sp³-hybridized carbons (Fsp3) is 0.0588. The van der Waals surface area contributed by atoms with E-state index in [1.54, 1.807) is 18.2 Å². The monoisotopic (exact) mass is 326 g/mol. The molecule has 0 amide bonds. The van der Waals surface area contributed by atoms with Gasteiger partial charge in [-0.05, 0) is 17.7 Å². The minimum Gasteiger partial charge on any atom is -0.508 e. The number of phenols is 1. The highest BCUT2D eigenvalue weighted by Crippen LogP contribution is 2.22. The topological polar surface area (TPSA) is 74.8 Å². The zero-order chi connectivity index (χ0) is 16.2. The van der Waals surface area contributed by atoms with Gasteiger partial charge in [0.1, 0.15) is 10.6 Å². The molecule has 1 aromatic heterocycles. The van der Waals surface area contributed by atoms with Crippen molar-refractivity contribution >= 4 is 23.2 Å². The van der Waals surface area contributed by atoms with Crippen molar-refractivity contribution in [3.05, 3.63) is 74.7 Å². The number of aromatic hydroxyl groups is 2. The van der Waals surface area contributed by atoms with Crippen LogP contribution in [0.15, 0.2) is 64.4 Å². The summed E-state index contributed by atoms with van der Waals surface area (Å²) >= 11 is 0.929. The molecular weight excluding hydrogens is 312 g/mol. The molecule has 0 aliphatic rings. The molecule has 0 radical (unpaired) electrons. The number of hydrogen-bond acceptors (Lipinski definition) is 5. The largest absolute Gasteiger partial charge is 0.508 e. The van der Waals surface area contributed by atoms with Crippen molar-refractivity contribution in [3.63, 3.8) is 0 Å². The molecule has 1 heterocycles. The summed E-state index contributed by atoms with van der Waals surface area (Å²) in [6, 6.07) is 15.9. The summed E-state index contributed by atoms with van der Waals surface area (Å²) in [5.41, 5.74) is 1.47. The third-order valence-electron chi connectivity index (χ3n) is 3.24. The summed E-state index contributed by atoms with van der Waals surface area (Å²) < 4.78 is 1.31. The number of phenolic OH excluding ortho intramolecular Hbond substituents is 1. The normalized spacial score (nSPS) is 11.1. The summed E-state index contributed by atoms with van der Waals surface area (Å²) in [5.74, 6) is 0.00598. The second-order valence-corrected chi connectivity index (χ2v) is 5.90. The van der Waals surface area contributed by atoms with Crippen molar-refractivity contribution in [1.82, 2.24) is 4.57 Å². The van der Waals surface area contributed by atoms with Gasteiger partial charge in [-0.2, -0.15) is 0 Å². The standard InChI is InChI=1S/C17H14N2O3S/c20-14-8-4-7-13(9-14)18-10-15-16(21)19(17(22)23-15)11-12-5-2-1-3-6-12/h1-10,20-21H,11H2. The van der Waals surface area contributed by atoms with E-state index in [9.17, 15) is 15.0 Å². The van der Waals surface area contributed by atoms with Gasteiger partial charge in [0.05, 0.1) is 18.4 Å². The molecule has 0 aliphatic carbocycles. The molecule has 0 saturated heterocycles. The van der Waals surface area contributed by atoms with Crippen LogP contribution in [0.3, 0.4) is 0 Å². The summed E-state index contributed by atoms with van der Waals surface area (Å²) in [6.07, 6.45) is 1.43. The zero-order valence-corrected chi connectivity index (χ0v) is 12.9. The van der Waals surface area contributed by atoms with Gasteiger partial charge in [0.25, 0.3) is 0 Å². The lowest BCUT2D eigenvalue weighted by Crippen LogP contribution is -2.13. The maximum absolute atomic E-state index is 12.1. The van der Waals surface area contributed by atoms with E-state index >= 15 is 0 Å². The molecule has 6 heteroatoms. The highest BCUT2D eigenvalue weighted by molar-refractivity contribution is 7.11. The van der Waals surface area contributed by atoms with Crippen LogP contribution in [-0.2, 0) is 6.54 Å². The second-order valence-electron chi connectivity index (χ2n) is 4.91. The Morgan fingerprint density at radius 1 is 1.09 bits per heavy atom. The molecule has 0 aliphatic heterocycles. The molecule has 23 heavy (non-hydrogen) atoms. The lowest BCUT2D eigenvalue weighted by molar-refractivity contribution is 0.421. The van der Waals surface area contributed by atoms with Gasteiger partial charge in [0, 0.05) is 6.07 Å². The number of hydrogen-bond donors (Lipinski definition) is 2. The van der Waals surface area contributed by atoms with E-state index in [0.29, 0.717) is 17.1 Å². The van der Waals surface area contributed by atoms with Gasteiger partial charge in [0.2, 0.25) is 5.88 Å². The lowest BCUT2D eigenvalue weighted by Gasteiger charge is -2.03. The quantitative estimate of drug-likeness (QED) is 0.723. The number of thiazole rings is 1. The minimum atomic E-state index is -0.247. The van der Waals surface area contributed by atoms with E-state index in [1.807, 2.05) is 30.3 Å². The van der Waals surface area contributed by atoms with Crippen molar-refractivity contribution < 1.29 is 10.2 Å². The molecule has 2 aromatic carbocycles. The highest BCUT2D eigenvalue weighted by Gasteiger charge is 2.12. The lowest BCUT2D eigenvalue weighted by atomic mass is 10.2. The first kappa shape index (κ1) is 15.1. The van der Waals surface area contributed by atoms with Gasteiger partial charge in [-0.1, -0.05) is 47.7 Å². The van der Waals surface area contributed by atoms with Gasteiger partial charge >= 0.3 is 4.87 Å². The Kier molecular flexibility index (Phi) is 4.25. The first-order valence-electron chi connectivity index (χ1n) is 6.93. The van der Waals surface area contributed by atoms with Crippen LogP contribution < -0.4 is 4.87 Å². The summed E-state index contributed by atoms with van der Waals surface area (Å²) in [7, 11) is 0. The predicted molar refractivity (Wildman–Crippen MR) is 91.1 cm³/mol. The van der Waals surface area contributed by atoms with Crippen LogP contribution in [0.25, 0.3) is 0 Å². The Labute approximate surface area is 136 Å². The van der Waals surface area contributed by atoms with Crippen molar-refractivity contribution in [1.29, 1.82) is 0 Å². The van der Waals surface area contributed by atoms with Crippen LogP contribution in [0.1, 0.15) is 10.4 Å². The first-order chi connectivity index (χ1) is 11.1. The predicted octanol–water partition coefficient (Wildman–Crippen LogP) is 3.12. The number of nitrogens with zero attached hydrogens (tertiary/aromatic N) is 2. The molecule has 3 aromatic rings. The van der Waals surface area contributed by atoms with E-state index in [-0.39, 0.29) is 16.5 Å². The number of aromatic nitrogens is 1. The summed E-state index contributed by atoms with van der Waals surface area (Å²) in [6.45, 7) is 0.308. The van der Waals surface area contributed by atoms with E-state index in [0.717, 1.165) is 16.9 Å². The first-order valence-corrected chi connectivity index (χ1v) is 7.75. The van der Waals surface area contributed by atoms with Crippen molar-refractivity contribution in [2.24, 2.45) is 4.99 Å². The van der Waals surface area contributed by atoms with E-state index in [4.69, 9.17) is 0 Å². The third-order valence-corrected chi connectivity index (χ3v) is 4.14. The van der Waals surface area contributed by atoms with Crippen LogP contribution in [0.2, 0.25) is 0 Å². The van der Waals surface area contributed by atoms with Crippen LogP contribution >= 0.6 is 11.3 Å². The summed E-state index contributed by atoms with van der Waals surface area (Å²) in [4.78, 5) is 16.4. The van der Waals surface area contributed by atoms with Gasteiger partial charge < -0.3 is 10.2 Å². The number of aliphatic imine (C=N–C) groups is 1. The molecule has 0 fully saturated rings. The second kappa shape index (κ2) is 6.50. The van der Waals surface area contributed by atoms with Crippen LogP contribution in [0, 0.1) is 0 Å². The van der Waals surface area contributed by atoms with Gasteiger partial charge in [-0.15, -0.1) is 0 Å². The minimum absolute atomic E-state index is 0.104. The molecule has 116 valence electrons. The van der Waals surface area contributed by atoms with Crippen molar-refractivity contribution in [2.75, 3.05) is 0 Å². The molecule has 0 atom stereocenters. The molecule has 3 rings (SSSR count). The van der Waals surface area contributed by atoms with Crippen LogP contribution in [-0.4, -0.2) is 21.0 Å². The van der Waals surface area contributed by atoms with E-state index in [1.165, 1.54) is 16.8 Å². The third kappa shape index (κ3) is 3.49. The Morgan fingerprint density at radius 2 is 1.87 bits per heavy atom. The molecular formula is C17H14N2O3S. The van der Waals surface area contributed by atoms with Crippen LogP contribution in [0.4, 0.5) is 5.69 Å². The average Bonchev–Trinajstić information content (AvgIpc) is 2.82. The van der Waals surface area contributed by atoms with Gasteiger partial charge in [-0.25, -0.2) is 0 Å². The Hall–Kier alpha value is -2.86. The Balaban J connectivity index is 1.87. The number of benzene rings is 2. The average molecular weight is 326 g/mol. The van der Waals surface area contributed by atoms with E-state index in [2.05, 4.69) is 4.99 Å². The molecule has 5 nitrogen and oxygen atoms in total. The van der Waals surface area contributed by atoms with Gasteiger partial charge in [0.15, 0.2) is 0 Å². The molecule has 0 saturated carbocycles. The highest BCUT2D eigenvalue weighted by atomic mass is 32.1. The molecule has 0 spiro atoms. The fourth-order valence-corrected chi connectivity index (χ4v) is 2.87. The molecule has 0 bridgehead atoms. The van der Waals surface area contributed by atoms with Crippen LogP contribution in [0.5, 0.6) is 11.6 Å². The fourth-order valence-electron chi connectivity index (χ4n) is 2.11. The van der Waals surface area contributed by atoms with Crippen molar-refractivity contribution in [2.45, 2.75) is 6.54 Å². The van der Waals surface area contributed by atoms with Gasteiger partial charge in [-0.3, -0.25) is 14.4 Å². The zero-order valence-electron chi connectivity index (χ0n) is 12.1. The SMILES string of the molecule is O=c1sc(C=Nc2cccc(O)c2)c(O)n1Cc1ccccc1.